The van der Waals surface area contributed by atoms with Gasteiger partial charge in [0.25, 0.3) is 0 Å². The normalized spacial score (nSPS) is 20.0. The molecule has 2 atom stereocenters. The molecule has 0 bridgehead atoms. The standard InChI is InChI=1S/C22H32ClN5S.HI/c1-15-20(29-16(2)27-15)10-11-25-22(24-3)26-14-18-8-6-12-28(4)21(18)17-7-5-9-19(23)13-17;/h5,7,9,13,18,21H,6,8,10-12,14H2,1-4H3,(H2,24,25,26);1H. The van der Waals surface area contributed by atoms with Crippen LogP contribution in [0.2, 0.25) is 5.02 Å². The van der Waals surface area contributed by atoms with E-state index in [9.17, 15) is 0 Å². The number of hydrogen-bond donors (Lipinski definition) is 2. The lowest BCUT2D eigenvalue weighted by molar-refractivity contribution is 0.122. The van der Waals surface area contributed by atoms with Crippen LogP contribution in [0.1, 0.15) is 40.0 Å². The average molecular weight is 562 g/mol. The van der Waals surface area contributed by atoms with Gasteiger partial charge in [0.15, 0.2) is 5.96 Å². The van der Waals surface area contributed by atoms with Crippen molar-refractivity contribution in [2.45, 2.75) is 39.2 Å². The van der Waals surface area contributed by atoms with Crippen LogP contribution in [0.4, 0.5) is 0 Å². The molecule has 1 aromatic heterocycles. The molecule has 0 spiro atoms. The highest BCUT2D eigenvalue weighted by Crippen LogP contribution is 2.35. The van der Waals surface area contributed by atoms with Crippen molar-refractivity contribution in [2.24, 2.45) is 10.9 Å². The van der Waals surface area contributed by atoms with Crippen LogP contribution in [-0.2, 0) is 6.42 Å². The number of nitrogens with one attached hydrogen (secondary N) is 2. The van der Waals surface area contributed by atoms with Gasteiger partial charge in [-0.1, -0.05) is 23.7 Å². The number of halogens is 2. The fourth-order valence-electron chi connectivity index (χ4n) is 4.24. The van der Waals surface area contributed by atoms with Gasteiger partial charge >= 0.3 is 0 Å². The molecule has 1 aliphatic heterocycles. The van der Waals surface area contributed by atoms with E-state index in [1.165, 1.54) is 23.3 Å². The zero-order valence-electron chi connectivity index (χ0n) is 18.2. The number of aryl methyl sites for hydroxylation is 2. The minimum absolute atomic E-state index is 0. The number of benzene rings is 1. The molecule has 0 aliphatic carbocycles. The monoisotopic (exact) mass is 561 g/mol. The van der Waals surface area contributed by atoms with Gasteiger partial charge in [-0.15, -0.1) is 35.3 Å². The molecule has 1 saturated heterocycles. The van der Waals surface area contributed by atoms with Gasteiger partial charge in [0.05, 0.1) is 10.7 Å². The summed E-state index contributed by atoms with van der Waals surface area (Å²) < 4.78 is 0. The van der Waals surface area contributed by atoms with Gasteiger partial charge in [-0.2, -0.15) is 0 Å². The fourth-order valence-corrected chi connectivity index (χ4v) is 5.37. The van der Waals surface area contributed by atoms with E-state index in [1.54, 1.807) is 11.3 Å². The summed E-state index contributed by atoms with van der Waals surface area (Å²) >= 11 is 8.04. The summed E-state index contributed by atoms with van der Waals surface area (Å²) in [7, 11) is 4.04. The largest absolute Gasteiger partial charge is 0.356 e. The number of thiazole rings is 1. The topological polar surface area (TPSA) is 52.6 Å². The molecule has 1 fully saturated rings. The molecule has 0 amide bonds. The Morgan fingerprint density at radius 2 is 2.13 bits per heavy atom. The first kappa shape index (κ1) is 25.4. The Balaban J connectivity index is 0.00000320. The molecular formula is C22H33ClIN5S. The molecule has 0 saturated carbocycles. The Morgan fingerprint density at radius 1 is 1.33 bits per heavy atom. The van der Waals surface area contributed by atoms with Crippen molar-refractivity contribution >= 4 is 52.9 Å². The van der Waals surface area contributed by atoms with Crippen LogP contribution in [-0.4, -0.2) is 49.6 Å². The van der Waals surface area contributed by atoms with Gasteiger partial charge in [0.2, 0.25) is 0 Å². The smallest absolute Gasteiger partial charge is 0.190 e. The number of piperidine rings is 1. The van der Waals surface area contributed by atoms with Gasteiger partial charge < -0.3 is 10.6 Å². The van der Waals surface area contributed by atoms with Crippen molar-refractivity contribution in [3.05, 3.63) is 50.4 Å². The van der Waals surface area contributed by atoms with E-state index in [0.717, 1.165) is 47.7 Å². The minimum atomic E-state index is 0. The third kappa shape index (κ3) is 6.80. The summed E-state index contributed by atoms with van der Waals surface area (Å²) in [5, 5.41) is 8.94. The summed E-state index contributed by atoms with van der Waals surface area (Å²) in [5.41, 5.74) is 2.44. The fraction of sp³-hybridized carbons (Fsp3) is 0.545. The van der Waals surface area contributed by atoms with Crippen molar-refractivity contribution in [3.8, 4) is 0 Å². The average Bonchev–Trinajstić information content (AvgIpc) is 3.01. The second kappa shape index (κ2) is 12.2. The lowest BCUT2D eigenvalue weighted by Gasteiger charge is -2.40. The second-order valence-electron chi connectivity index (χ2n) is 7.75. The number of aliphatic imine (C=N–C) groups is 1. The minimum Gasteiger partial charge on any atom is -0.356 e. The predicted octanol–water partition coefficient (Wildman–Crippen LogP) is 4.82. The van der Waals surface area contributed by atoms with E-state index in [-0.39, 0.29) is 24.0 Å². The summed E-state index contributed by atoms with van der Waals surface area (Å²) in [6.07, 6.45) is 3.39. The van der Waals surface area contributed by atoms with Crippen molar-refractivity contribution in [1.29, 1.82) is 0 Å². The summed E-state index contributed by atoms with van der Waals surface area (Å²) in [4.78, 5) is 12.7. The van der Waals surface area contributed by atoms with Crippen LogP contribution < -0.4 is 10.6 Å². The van der Waals surface area contributed by atoms with Crippen LogP contribution in [0.15, 0.2) is 29.3 Å². The molecule has 1 aromatic carbocycles. The van der Waals surface area contributed by atoms with Crippen LogP contribution >= 0.6 is 46.9 Å². The van der Waals surface area contributed by atoms with Gasteiger partial charge in [-0.25, -0.2) is 4.98 Å². The van der Waals surface area contributed by atoms with Crippen molar-refractivity contribution in [1.82, 2.24) is 20.5 Å². The third-order valence-corrected chi connectivity index (χ3v) is 6.96. The predicted molar refractivity (Wildman–Crippen MR) is 140 cm³/mol. The highest BCUT2D eigenvalue weighted by molar-refractivity contribution is 14.0. The van der Waals surface area contributed by atoms with Crippen LogP contribution in [0.3, 0.4) is 0 Å². The highest BCUT2D eigenvalue weighted by atomic mass is 127. The molecule has 2 unspecified atom stereocenters. The Kier molecular flexibility index (Phi) is 10.3. The number of nitrogens with zero attached hydrogens (tertiary/aromatic N) is 3. The molecule has 2 N–H and O–H groups in total. The molecule has 2 heterocycles. The van der Waals surface area contributed by atoms with Crippen molar-refractivity contribution < 1.29 is 0 Å². The van der Waals surface area contributed by atoms with Gasteiger partial charge in [-0.3, -0.25) is 9.89 Å². The summed E-state index contributed by atoms with van der Waals surface area (Å²) in [6, 6.07) is 8.66. The molecule has 5 nitrogen and oxygen atoms in total. The van der Waals surface area contributed by atoms with Gasteiger partial charge in [0.1, 0.15) is 0 Å². The van der Waals surface area contributed by atoms with Crippen LogP contribution in [0, 0.1) is 19.8 Å². The van der Waals surface area contributed by atoms with E-state index in [0.29, 0.717) is 12.0 Å². The Labute approximate surface area is 206 Å². The SMILES string of the molecule is CN=C(NCCc1sc(C)nc1C)NCC1CCCN(C)C1c1cccc(Cl)c1.I. The Hall–Kier alpha value is -0.900. The second-order valence-corrected chi connectivity index (χ2v) is 9.48. The molecule has 0 radical (unpaired) electrons. The summed E-state index contributed by atoms with van der Waals surface area (Å²) in [6.45, 7) is 7.01. The number of aromatic nitrogens is 1. The lowest BCUT2D eigenvalue weighted by atomic mass is 9.85. The van der Waals surface area contributed by atoms with E-state index in [4.69, 9.17) is 11.6 Å². The van der Waals surface area contributed by atoms with Gasteiger partial charge in [0, 0.05) is 42.5 Å². The van der Waals surface area contributed by atoms with Crippen molar-refractivity contribution in [3.63, 3.8) is 0 Å². The maximum absolute atomic E-state index is 6.26. The zero-order valence-corrected chi connectivity index (χ0v) is 22.1. The van der Waals surface area contributed by atoms with E-state index in [2.05, 4.69) is 58.5 Å². The Morgan fingerprint density at radius 3 is 2.80 bits per heavy atom. The molecular weight excluding hydrogens is 529 g/mol. The first-order valence-electron chi connectivity index (χ1n) is 10.3. The maximum Gasteiger partial charge on any atom is 0.190 e. The van der Waals surface area contributed by atoms with E-state index in [1.807, 2.05) is 19.2 Å². The molecule has 1 aliphatic rings. The van der Waals surface area contributed by atoms with Crippen molar-refractivity contribution in [2.75, 3.05) is 33.7 Å². The molecule has 8 heteroatoms. The van der Waals surface area contributed by atoms with Gasteiger partial charge in [-0.05, 0) is 63.9 Å². The number of rotatable bonds is 6. The maximum atomic E-state index is 6.26. The zero-order chi connectivity index (χ0) is 20.8. The number of hydrogen-bond acceptors (Lipinski definition) is 4. The molecule has 166 valence electrons. The number of guanidine groups is 1. The highest BCUT2D eigenvalue weighted by Gasteiger charge is 2.30. The van der Waals surface area contributed by atoms with E-state index < -0.39 is 0 Å². The van der Waals surface area contributed by atoms with Crippen LogP contribution in [0.25, 0.3) is 0 Å². The molecule has 30 heavy (non-hydrogen) atoms. The van der Waals surface area contributed by atoms with Crippen LogP contribution in [0.5, 0.6) is 0 Å². The first-order chi connectivity index (χ1) is 14.0. The molecule has 2 aromatic rings. The quantitative estimate of drug-likeness (QED) is 0.302. The lowest BCUT2D eigenvalue weighted by Crippen LogP contribution is -2.45. The third-order valence-electron chi connectivity index (χ3n) is 5.60. The number of likely N-dealkylation sites (tertiary alicyclic amines) is 1. The molecule has 3 rings (SSSR count). The Bertz CT molecular complexity index is 841. The first-order valence-corrected chi connectivity index (χ1v) is 11.5. The van der Waals surface area contributed by atoms with E-state index >= 15 is 0 Å². The summed E-state index contributed by atoms with van der Waals surface area (Å²) in [5.74, 6) is 1.37.